The third-order valence-corrected chi connectivity index (χ3v) is 4.94. The monoisotopic (exact) mass is 368 g/mol. The summed E-state index contributed by atoms with van der Waals surface area (Å²) in [5.41, 5.74) is -0.200. The molecule has 0 saturated carbocycles. The Labute approximate surface area is 147 Å². The van der Waals surface area contributed by atoms with Crippen LogP contribution in [0, 0.1) is 0 Å². The molecule has 0 radical (unpaired) electrons. The zero-order valence-electron chi connectivity index (χ0n) is 13.1. The lowest BCUT2D eigenvalue weighted by molar-refractivity contribution is -0.0148. The van der Waals surface area contributed by atoms with Crippen LogP contribution >= 0.6 is 22.9 Å². The Balaban J connectivity index is 1.60. The number of thiophene rings is 1. The van der Waals surface area contributed by atoms with Crippen molar-refractivity contribution in [1.29, 1.82) is 0 Å². The van der Waals surface area contributed by atoms with Gasteiger partial charge in [0, 0.05) is 39.1 Å². The molecule has 24 heavy (non-hydrogen) atoms. The molecule has 0 bridgehead atoms. The first-order chi connectivity index (χ1) is 11.5. The van der Waals surface area contributed by atoms with Gasteiger partial charge in [0.15, 0.2) is 5.82 Å². The Morgan fingerprint density at radius 2 is 2.38 bits per heavy atom. The van der Waals surface area contributed by atoms with E-state index in [1.807, 2.05) is 0 Å². The van der Waals surface area contributed by atoms with E-state index in [4.69, 9.17) is 16.3 Å². The number of hydrogen-bond acceptors (Lipinski definition) is 6. The molecule has 1 N–H and O–H groups in total. The van der Waals surface area contributed by atoms with Gasteiger partial charge in [-0.15, -0.1) is 11.3 Å². The summed E-state index contributed by atoms with van der Waals surface area (Å²) in [7, 11) is 1.67. The highest BCUT2D eigenvalue weighted by Crippen LogP contribution is 2.23. The van der Waals surface area contributed by atoms with Crippen LogP contribution < -0.4 is 10.9 Å². The second kappa shape index (κ2) is 7.33. The molecular formula is C15H17ClN4O3S. The fraction of sp³-hybridized carbons (Fsp3) is 0.400. The van der Waals surface area contributed by atoms with Crippen LogP contribution in [0.2, 0.25) is 4.34 Å². The highest BCUT2D eigenvalue weighted by molar-refractivity contribution is 7.17. The van der Waals surface area contributed by atoms with Crippen LogP contribution in [0.3, 0.4) is 0 Å². The number of halogens is 1. The molecule has 0 aromatic carbocycles. The molecule has 128 valence electrons. The number of aryl methyl sites for hydroxylation is 1. The number of carbonyl (C=O) groups excluding carboxylic acids is 1. The smallest absolute Gasteiger partial charge is 0.293 e. The second-order valence-electron chi connectivity index (χ2n) is 5.42. The summed E-state index contributed by atoms with van der Waals surface area (Å²) in [6.07, 6.45) is 2.95. The molecule has 1 aliphatic heterocycles. The van der Waals surface area contributed by atoms with Gasteiger partial charge in [0.2, 0.25) is 0 Å². The molecule has 3 rings (SSSR count). The topological polar surface area (TPSA) is 76.5 Å². The molecular weight excluding hydrogens is 352 g/mol. The third-order valence-electron chi connectivity index (χ3n) is 3.72. The minimum absolute atomic E-state index is 0.0473. The Bertz CT molecular complexity index is 791. The predicted molar refractivity (Wildman–Crippen MR) is 92.9 cm³/mol. The molecule has 9 heteroatoms. The summed E-state index contributed by atoms with van der Waals surface area (Å²) in [4.78, 5) is 30.8. The molecule has 3 heterocycles. The molecule has 1 saturated heterocycles. The first-order valence-corrected chi connectivity index (χ1v) is 8.66. The number of ether oxygens (including phenoxy) is 1. The van der Waals surface area contributed by atoms with Crippen molar-refractivity contribution in [2.24, 2.45) is 7.05 Å². The van der Waals surface area contributed by atoms with Crippen LogP contribution in [0.1, 0.15) is 9.67 Å². The molecule has 0 aliphatic carbocycles. The number of nitrogens with zero attached hydrogens (tertiary/aromatic N) is 3. The first kappa shape index (κ1) is 16.9. The maximum Gasteiger partial charge on any atom is 0.293 e. The minimum Gasteiger partial charge on any atom is -0.373 e. The number of carbonyl (C=O) groups is 1. The van der Waals surface area contributed by atoms with Gasteiger partial charge in [0.05, 0.1) is 21.9 Å². The van der Waals surface area contributed by atoms with Gasteiger partial charge in [-0.25, -0.2) is 4.98 Å². The number of nitrogens with one attached hydrogen (secondary N) is 1. The summed E-state index contributed by atoms with van der Waals surface area (Å²) in [6.45, 7) is 1.85. The van der Waals surface area contributed by atoms with Gasteiger partial charge in [-0.3, -0.25) is 9.59 Å². The van der Waals surface area contributed by atoms with E-state index in [0.717, 1.165) is 0 Å². The van der Waals surface area contributed by atoms with Gasteiger partial charge in [0.25, 0.3) is 11.5 Å². The minimum atomic E-state index is -0.204. The standard InChI is InChI=1S/C15H17ClN4O3S/c1-19-5-4-17-13(15(19)22)18-8-10-9-20(6-7-23-10)14(21)11-2-3-12(16)24-11/h2-5,10H,6-9H2,1H3,(H,17,18). The van der Waals surface area contributed by atoms with E-state index in [1.54, 1.807) is 36.5 Å². The van der Waals surface area contributed by atoms with E-state index < -0.39 is 0 Å². The van der Waals surface area contributed by atoms with E-state index in [0.29, 0.717) is 35.5 Å². The van der Waals surface area contributed by atoms with Crippen molar-refractivity contribution in [3.8, 4) is 0 Å². The first-order valence-electron chi connectivity index (χ1n) is 7.46. The number of amides is 1. The Kier molecular flexibility index (Phi) is 5.17. The van der Waals surface area contributed by atoms with Gasteiger partial charge >= 0.3 is 0 Å². The zero-order valence-corrected chi connectivity index (χ0v) is 14.6. The molecule has 1 fully saturated rings. The van der Waals surface area contributed by atoms with Gasteiger partial charge in [-0.1, -0.05) is 11.6 Å². The van der Waals surface area contributed by atoms with Crippen molar-refractivity contribution < 1.29 is 9.53 Å². The van der Waals surface area contributed by atoms with Gasteiger partial charge in [0.1, 0.15) is 0 Å². The van der Waals surface area contributed by atoms with Crippen LogP contribution in [0.4, 0.5) is 5.82 Å². The third kappa shape index (κ3) is 3.77. The number of morpholine rings is 1. The van der Waals surface area contributed by atoms with Crippen LogP contribution in [-0.2, 0) is 11.8 Å². The average Bonchev–Trinajstić information content (AvgIpc) is 3.02. The summed E-state index contributed by atoms with van der Waals surface area (Å²) in [5, 5.41) is 3.00. The van der Waals surface area contributed by atoms with E-state index in [9.17, 15) is 9.59 Å². The van der Waals surface area contributed by atoms with Crippen molar-refractivity contribution in [2.45, 2.75) is 6.10 Å². The number of anilines is 1. The van der Waals surface area contributed by atoms with Crippen LogP contribution in [-0.4, -0.2) is 52.7 Å². The summed E-state index contributed by atoms with van der Waals surface area (Å²) in [5.74, 6) is 0.228. The molecule has 1 aliphatic rings. The van der Waals surface area contributed by atoms with Crippen molar-refractivity contribution in [2.75, 3.05) is 31.6 Å². The van der Waals surface area contributed by atoms with Crippen molar-refractivity contribution in [3.63, 3.8) is 0 Å². The second-order valence-corrected chi connectivity index (χ2v) is 7.14. The zero-order chi connectivity index (χ0) is 17.1. The molecule has 1 atom stereocenters. The normalized spacial score (nSPS) is 17.8. The number of rotatable bonds is 4. The van der Waals surface area contributed by atoms with Crippen LogP contribution in [0.5, 0.6) is 0 Å². The average molecular weight is 369 g/mol. The SMILES string of the molecule is Cn1ccnc(NCC2CN(C(=O)c3ccc(Cl)s3)CCO2)c1=O. The fourth-order valence-corrected chi connectivity index (χ4v) is 3.45. The molecule has 1 unspecified atom stereocenters. The van der Waals surface area contributed by atoms with Crippen LogP contribution in [0.15, 0.2) is 29.3 Å². The Hall–Kier alpha value is -1.90. The lowest BCUT2D eigenvalue weighted by Gasteiger charge is -2.32. The van der Waals surface area contributed by atoms with Crippen molar-refractivity contribution in [3.05, 3.63) is 44.1 Å². The Morgan fingerprint density at radius 3 is 3.12 bits per heavy atom. The van der Waals surface area contributed by atoms with E-state index in [-0.39, 0.29) is 23.4 Å². The fourth-order valence-electron chi connectivity index (χ4n) is 2.44. The van der Waals surface area contributed by atoms with Gasteiger partial charge < -0.3 is 19.5 Å². The van der Waals surface area contributed by atoms with E-state index in [2.05, 4.69) is 10.3 Å². The predicted octanol–water partition coefficient (Wildman–Crippen LogP) is 1.45. The molecule has 2 aromatic rings. The highest BCUT2D eigenvalue weighted by atomic mass is 35.5. The number of aromatic nitrogens is 2. The van der Waals surface area contributed by atoms with Crippen molar-refractivity contribution in [1.82, 2.24) is 14.5 Å². The summed E-state index contributed by atoms with van der Waals surface area (Å²) >= 11 is 7.16. The molecule has 7 nitrogen and oxygen atoms in total. The van der Waals surface area contributed by atoms with E-state index >= 15 is 0 Å². The van der Waals surface area contributed by atoms with E-state index in [1.165, 1.54) is 15.9 Å². The largest absolute Gasteiger partial charge is 0.373 e. The van der Waals surface area contributed by atoms with Crippen molar-refractivity contribution >= 4 is 34.7 Å². The summed E-state index contributed by atoms with van der Waals surface area (Å²) < 4.78 is 7.72. The highest BCUT2D eigenvalue weighted by Gasteiger charge is 2.26. The van der Waals surface area contributed by atoms with Crippen LogP contribution in [0.25, 0.3) is 0 Å². The van der Waals surface area contributed by atoms with Gasteiger partial charge in [-0.2, -0.15) is 0 Å². The Morgan fingerprint density at radius 1 is 1.54 bits per heavy atom. The maximum atomic E-state index is 12.5. The van der Waals surface area contributed by atoms with Gasteiger partial charge in [-0.05, 0) is 12.1 Å². The lowest BCUT2D eigenvalue weighted by atomic mass is 10.2. The molecule has 0 spiro atoms. The maximum absolute atomic E-state index is 12.5. The lowest BCUT2D eigenvalue weighted by Crippen LogP contribution is -2.48. The quantitative estimate of drug-likeness (QED) is 0.883. The molecule has 2 aromatic heterocycles. The summed E-state index contributed by atoms with van der Waals surface area (Å²) in [6, 6.07) is 3.45. The molecule has 1 amide bonds. The number of hydrogen-bond donors (Lipinski definition) is 1.